The van der Waals surface area contributed by atoms with Gasteiger partial charge in [0.15, 0.2) is 0 Å². The summed E-state index contributed by atoms with van der Waals surface area (Å²) in [6.45, 7) is 3.22. The zero-order valence-corrected chi connectivity index (χ0v) is 18.0. The molecule has 11 heteroatoms. The number of hydrogen-bond donors (Lipinski definition) is 3. The van der Waals surface area contributed by atoms with Crippen LogP contribution in [0.5, 0.6) is 0 Å². The highest BCUT2D eigenvalue weighted by atomic mass is 32.2. The number of aliphatic hydroxyl groups is 1. The molecule has 0 aliphatic heterocycles. The summed E-state index contributed by atoms with van der Waals surface area (Å²) in [5, 5.41) is 11.2. The van der Waals surface area contributed by atoms with Crippen LogP contribution in [0.25, 0.3) is 0 Å². The van der Waals surface area contributed by atoms with Crippen molar-refractivity contribution in [1.29, 1.82) is 0 Å². The molecular formula is C19H22N2O7S2. The van der Waals surface area contributed by atoms with Crippen LogP contribution in [0.2, 0.25) is 0 Å². The molecule has 2 aromatic rings. The average Bonchev–Trinajstić information content (AvgIpc) is 2.68. The van der Waals surface area contributed by atoms with E-state index in [0.717, 1.165) is 11.1 Å². The molecule has 0 aromatic heterocycles. The van der Waals surface area contributed by atoms with Crippen LogP contribution in [0.3, 0.4) is 0 Å². The van der Waals surface area contributed by atoms with E-state index in [2.05, 4.69) is 5.32 Å². The lowest BCUT2D eigenvalue weighted by atomic mass is 10.2. The standard InChI is InChI=1S/C19H22N2O7S2/c1-13-3-7-15(8-4-13)29(25,26)18(23)20-12-11-17(22)21-19(24)30(27,28)16-9-5-14(2)6-10-16/h3-10,17,22H,11-12H2,1-2H3,(H,20,23)(H,21,24). The van der Waals surface area contributed by atoms with E-state index in [1.165, 1.54) is 36.4 Å². The van der Waals surface area contributed by atoms with Crippen LogP contribution >= 0.6 is 0 Å². The van der Waals surface area contributed by atoms with Crippen LogP contribution in [0.1, 0.15) is 17.5 Å². The molecule has 162 valence electrons. The van der Waals surface area contributed by atoms with Gasteiger partial charge in [0.25, 0.3) is 19.7 Å². The Morgan fingerprint density at radius 3 is 1.63 bits per heavy atom. The lowest BCUT2D eigenvalue weighted by Gasteiger charge is -2.13. The Hall–Kier alpha value is -2.76. The average molecular weight is 455 g/mol. The monoisotopic (exact) mass is 454 g/mol. The van der Waals surface area contributed by atoms with Gasteiger partial charge in [0.1, 0.15) is 6.23 Å². The number of aliphatic hydroxyl groups excluding tert-OH is 1. The summed E-state index contributed by atoms with van der Waals surface area (Å²) in [4.78, 5) is 23.5. The lowest BCUT2D eigenvalue weighted by Crippen LogP contribution is -2.40. The molecule has 0 spiro atoms. The molecule has 1 unspecified atom stereocenters. The van der Waals surface area contributed by atoms with Gasteiger partial charge in [-0.3, -0.25) is 9.59 Å². The van der Waals surface area contributed by atoms with Gasteiger partial charge in [0.2, 0.25) is 0 Å². The van der Waals surface area contributed by atoms with Crippen molar-refractivity contribution in [2.75, 3.05) is 6.54 Å². The minimum Gasteiger partial charge on any atom is -0.374 e. The maximum atomic E-state index is 12.2. The van der Waals surface area contributed by atoms with Crippen LogP contribution in [0.4, 0.5) is 9.59 Å². The number of aryl methyl sites for hydroxylation is 2. The Labute approximate surface area is 175 Å². The zero-order chi connectivity index (χ0) is 22.5. The van der Waals surface area contributed by atoms with E-state index in [4.69, 9.17) is 0 Å². The second-order valence-electron chi connectivity index (χ2n) is 6.58. The Balaban J connectivity index is 1.90. The van der Waals surface area contributed by atoms with Crippen LogP contribution in [-0.4, -0.2) is 45.2 Å². The van der Waals surface area contributed by atoms with Crippen molar-refractivity contribution in [3.8, 4) is 0 Å². The second-order valence-corrected chi connectivity index (χ2v) is 10.3. The van der Waals surface area contributed by atoms with Crippen LogP contribution in [0, 0.1) is 13.8 Å². The van der Waals surface area contributed by atoms with Crippen molar-refractivity contribution < 1.29 is 31.5 Å². The van der Waals surface area contributed by atoms with Gasteiger partial charge in [0, 0.05) is 13.0 Å². The van der Waals surface area contributed by atoms with Crippen LogP contribution < -0.4 is 10.6 Å². The Bertz CT molecular complexity index is 1120. The van der Waals surface area contributed by atoms with E-state index in [1.54, 1.807) is 26.0 Å². The summed E-state index contributed by atoms with van der Waals surface area (Å²) in [7, 11) is -8.60. The number of amides is 2. The van der Waals surface area contributed by atoms with E-state index in [-0.39, 0.29) is 22.8 Å². The summed E-state index contributed by atoms with van der Waals surface area (Å²) in [5.74, 6) is 0. The molecule has 0 fully saturated rings. The van der Waals surface area contributed by atoms with Gasteiger partial charge in [0.05, 0.1) is 9.79 Å². The smallest absolute Gasteiger partial charge is 0.343 e. The minimum absolute atomic E-state index is 0.177. The SMILES string of the molecule is Cc1ccc(S(=O)(=O)C(=O)NCCC(O)NC(=O)S(=O)(=O)c2ccc(C)cc2)cc1. The van der Waals surface area contributed by atoms with Crippen LogP contribution in [0.15, 0.2) is 58.3 Å². The number of sulfone groups is 2. The molecule has 0 bridgehead atoms. The molecule has 3 N–H and O–H groups in total. The summed E-state index contributed by atoms with van der Waals surface area (Å²) in [6, 6.07) is 11.3. The molecule has 0 saturated carbocycles. The maximum absolute atomic E-state index is 12.2. The van der Waals surface area contributed by atoms with Gasteiger partial charge in [-0.25, -0.2) is 16.8 Å². The van der Waals surface area contributed by atoms with Gasteiger partial charge in [-0.1, -0.05) is 35.4 Å². The topological polar surface area (TPSA) is 147 Å². The molecule has 2 aromatic carbocycles. The molecule has 0 radical (unpaired) electrons. The van der Waals surface area contributed by atoms with Gasteiger partial charge >= 0.3 is 10.5 Å². The number of nitrogens with one attached hydrogen (secondary N) is 2. The molecule has 1 atom stereocenters. The van der Waals surface area contributed by atoms with Gasteiger partial charge in [-0.2, -0.15) is 0 Å². The number of carbonyl (C=O) groups excluding carboxylic acids is 2. The second kappa shape index (κ2) is 9.37. The predicted molar refractivity (Wildman–Crippen MR) is 109 cm³/mol. The first-order valence-corrected chi connectivity index (χ1v) is 11.8. The highest BCUT2D eigenvalue weighted by Gasteiger charge is 2.27. The van der Waals surface area contributed by atoms with E-state index < -0.39 is 36.4 Å². The van der Waals surface area contributed by atoms with E-state index in [9.17, 15) is 31.5 Å². The molecule has 0 aliphatic rings. The van der Waals surface area contributed by atoms with E-state index in [1.807, 2.05) is 5.32 Å². The van der Waals surface area contributed by atoms with Crippen molar-refractivity contribution in [3.05, 3.63) is 59.7 Å². The van der Waals surface area contributed by atoms with Crippen LogP contribution in [-0.2, 0) is 19.7 Å². The van der Waals surface area contributed by atoms with Crippen molar-refractivity contribution >= 4 is 30.2 Å². The number of rotatable bonds is 6. The normalized spacial score (nSPS) is 12.8. The first-order chi connectivity index (χ1) is 13.9. The zero-order valence-electron chi connectivity index (χ0n) is 16.3. The fourth-order valence-electron chi connectivity index (χ4n) is 2.34. The molecule has 2 amide bonds. The molecule has 0 aliphatic carbocycles. The van der Waals surface area contributed by atoms with E-state index >= 15 is 0 Å². The molecule has 2 rings (SSSR count). The van der Waals surface area contributed by atoms with Crippen molar-refractivity contribution in [3.63, 3.8) is 0 Å². The molecule has 9 nitrogen and oxygen atoms in total. The van der Waals surface area contributed by atoms with Gasteiger partial charge in [-0.05, 0) is 38.1 Å². The fourth-order valence-corrected chi connectivity index (χ4v) is 4.34. The maximum Gasteiger partial charge on any atom is 0.343 e. The molecule has 0 heterocycles. The third-order valence-corrected chi connectivity index (χ3v) is 7.15. The Morgan fingerprint density at radius 2 is 1.20 bits per heavy atom. The third-order valence-electron chi connectivity index (χ3n) is 4.12. The van der Waals surface area contributed by atoms with Crippen molar-refractivity contribution in [1.82, 2.24) is 10.6 Å². The number of hydrogen-bond acceptors (Lipinski definition) is 7. The summed E-state index contributed by atoms with van der Waals surface area (Å²) in [6.07, 6.45) is -1.91. The Morgan fingerprint density at radius 1 is 0.800 bits per heavy atom. The largest absolute Gasteiger partial charge is 0.374 e. The summed E-state index contributed by atoms with van der Waals surface area (Å²) >= 11 is 0. The Kier molecular flexibility index (Phi) is 7.34. The van der Waals surface area contributed by atoms with Crippen molar-refractivity contribution in [2.45, 2.75) is 36.3 Å². The third kappa shape index (κ3) is 5.65. The molecular weight excluding hydrogens is 432 g/mol. The molecule has 0 saturated heterocycles. The lowest BCUT2D eigenvalue weighted by molar-refractivity contribution is 0.139. The summed E-state index contributed by atoms with van der Waals surface area (Å²) < 4.78 is 48.8. The quantitative estimate of drug-likeness (QED) is 0.563. The van der Waals surface area contributed by atoms with Crippen molar-refractivity contribution in [2.24, 2.45) is 0 Å². The summed E-state index contributed by atoms with van der Waals surface area (Å²) in [5.41, 5.74) is 1.64. The molecule has 30 heavy (non-hydrogen) atoms. The van der Waals surface area contributed by atoms with E-state index in [0.29, 0.717) is 0 Å². The first-order valence-electron chi connectivity index (χ1n) is 8.84. The van der Waals surface area contributed by atoms with Gasteiger partial charge in [-0.15, -0.1) is 0 Å². The predicted octanol–water partition coefficient (Wildman–Crippen LogP) is 1.68. The highest BCUT2D eigenvalue weighted by molar-refractivity contribution is 8.06. The first kappa shape index (κ1) is 23.5. The number of carbonyl (C=O) groups is 2. The minimum atomic E-state index is -4.35. The van der Waals surface area contributed by atoms with Gasteiger partial charge < -0.3 is 15.7 Å². The number of benzene rings is 2. The fraction of sp³-hybridized carbons (Fsp3) is 0.263. The highest BCUT2D eigenvalue weighted by Crippen LogP contribution is 2.14.